The van der Waals surface area contributed by atoms with Crippen LogP contribution in [0.15, 0.2) is 27.1 Å². The second-order valence-corrected chi connectivity index (χ2v) is 3.43. The quantitative estimate of drug-likeness (QED) is 0.720. The number of fused-ring (bicyclic) bond motifs is 1. The van der Waals surface area contributed by atoms with Crippen molar-refractivity contribution in [2.75, 3.05) is 0 Å². The third kappa shape index (κ3) is 1.37. The number of furan rings is 1. The zero-order chi connectivity index (χ0) is 9.42. The van der Waals surface area contributed by atoms with Crippen molar-refractivity contribution in [3.63, 3.8) is 0 Å². The summed E-state index contributed by atoms with van der Waals surface area (Å²) >= 11 is 3.14. The van der Waals surface area contributed by atoms with Crippen molar-refractivity contribution in [3.05, 3.63) is 34.2 Å². The van der Waals surface area contributed by atoms with Crippen LogP contribution in [-0.2, 0) is 0 Å². The van der Waals surface area contributed by atoms with Gasteiger partial charge < -0.3 is 4.42 Å². The predicted molar refractivity (Wildman–Crippen MR) is 49.3 cm³/mol. The molecule has 0 spiro atoms. The molecular weight excluding hydrogens is 239 g/mol. The van der Waals surface area contributed by atoms with Gasteiger partial charge in [0.15, 0.2) is 12.0 Å². The van der Waals surface area contributed by atoms with Gasteiger partial charge in [-0.05, 0) is 34.1 Å². The molecule has 0 amide bonds. The summed E-state index contributed by atoms with van der Waals surface area (Å²) in [5.41, 5.74) is 0.489. The third-order valence-corrected chi connectivity index (χ3v) is 2.26. The van der Waals surface area contributed by atoms with Gasteiger partial charge in [-0.2, -0.15) is 0 Å². The van der Waals surface area contributed by atoms with E-state index in [9.17, 15) is 9.18 Å². The average molecular weight is 243 g/mol. The van der Waals surface area contributed by atoms with Crippen molar-refractivity contribution < 1.29 is 13.6 Å². The Kier molecular flexibility index (Phi) is 1.92. The molecule has 0 bridgehead atoms. The molecule has 0 atom stereocenters. The summed E-state index contributed by atoms with van der Waals surface area (Å²) in [6.07, 6.45) is 0.588. The number of halogens is 2. The number of aldehydes is 1. The molecule has 0 radical (unpaired) electrons. The van der Waals surface area contributed by atoms with E-state index in [1.807, 2.05) is 0 Å². The number of hydrogen-bond donors (Lipinski definition) is 0. The molecule has 2 aromatic rings. The van der Waals surface area contributed by atoms with Gasteiger partial charge in [-0.1, -0.05) is 0 Å². The molecule has 0 saturated carbocycles. The van der Waals surface area contributed by atoms with Gasteiger partial charge >= 0.3 is 0 Å². The molecule has 2 rings (SSSR count). The molecule has 0 saturated heterocycles. The first-order valence-electron chi connectivity index (χ1n) is 3.54. The molecule has 0 unspecified atom stereocenters. The van der Waals surface area contributed by atoms with Crippen molar-refractivity contribution in [1.29, 1.82) is 0 Å². The largest absolute Gasteiger partial charge is 0.452 e. The van der Waals surface area contributed by atoms with E-state index in [0.29, 0.717) is 21.7 Å². The van der Waals surface area contributed by atoms with Crippen LogP contribution < -0.4 is 0 Å². The molecule has 1 aromatic carbocycles. The molecule has 13 heavy (non-hydrogen) atoms. The van der Waals surface area contributed by atoms with Gasteiger partial charge in [0.2, 0.25) is 0 Å². The minimum Gasteiger partial charge on any atom is -0.452 e. The first-order valence-corrected chi connectivity index (χ1v) is 4.34. The van der Waals surface area contributed by atoms with Crippen LogP contribution in [-0.4, -0.2) is 6.29 Å². The maximum atomic E-state index is 12.9. The van der Waals surface area contributed by atoms with Crippen LogP contribution in [0.1, 0.15) is 10.6 Å². The van der Waals surface area contributed by atoms with E-state index < -0.39 is 0 Å². The highest BCUT2D eigenvalue weighted by molar-refractivity contribution is 9.10. The summed E-state index contributed by atoms with van der Waals surface area (Å²) in [5.74, 6) is -0.168. The van der Waals surface area contributed by atoms with Crippen LogP contribution in [0, 0.1) is 5.82 Å². The van der Waals surface area contributed by atoms with Gasteiger partial charge in [-0.25, -0.2) is 4.39 Å². The average Bonchev–Trinajstić information content (AvgIpc) is 2.47. The lowest BCUT2D eigenvalue weighted by Gasteiger charge is -1.92. The number of carbonyl (C=O) groups is 1. The van der Waals surface area contributed by atoms with Gasteiger partial charge in [0.1, 0.15) is 11.4 Å². The molecule has 4 heteroatoms. The van der Waals surface area contributed by atoms with E-state index in [1.54, 1.807) is 0 Å². The van der Waals surface area contributed by atoms with Crippen LogP contribution in [0.5, 0.6) is 0 Å². The van der Waals surface area contributed by atoms with Gasteiger partial charge in [-0.3, -0.25) is 4.79 Å². The van der Waals surface area contributed by atoms with E-state index in [-0.39, 0.29) is 11.6 Å². The molecule has 1 aromatic heterocycles. The predicted octanol–water partition coefficient (Wildman–Crippen LogP) is 3.15. The normalized spacial score (nSPS) is 10.6. The Bertz CT molecular complexity index is 476. The fourth-order valence-corrected chi connectivity index (χ4v) is 1.68. The number of rotatable bonds is 1. The van der Waals surface area contributed by atoms with Crippen LogP contribution in [0.3, 0.4) is 0 Å². The van der Waals surface area contributed by atoms with Gasteiger partial charge in [-0.15, -0.1) is 0 Å². The molecule has 66 valence electrons. The SMILES string of the molecule is O=Cc1cc2cc(F)cc(Br)c2o1. The summed E-state index contributed by atoms with van der Waals surface area (Å²) in [6.45, 7) is 0. The second-order valence-electron chi connectivity index (χ2n) is 2.57. The van der Waals surface area contributed by atoms with Crippen LogP contribution >= 0.6 is 15.9 Å². The highest BCUT2D eigenvalue weighted by Crippen LogP contribution is 2.27. The molecule has 0 aliphatic heterocycles. The van der Waals surface area contributed by atoms with Gasteiger partial charge in [0.05, 0.1) is 4.47 Å². The highest BCUT2D eigenvalue weighted by atomic mass is 79.9. The maximum Gasteiger partial charge on any atom is 0.185 e. The standard InChI is InChI=1S/C9H4BrFO2/c10-8-3-6(11)1-5-2-7(4-12)13-9(5)8/h1-4H. The van der Waals surface area contributed by atoms with Gasteiger partial charge in [0, 0.05) is 5.39 Å². The molecule has 0 aliphatic carbocycles. The lowest BCUT2D eigenvalue weighted by molar-refractivity contribution is 0.110. The van der Waals surface area contributed by atoms with Crippen molar-refractivity contribution in [3.8, 4) is 0 Å². The minimum atomic E-state index is -0.363. The minimum absolute atomic E-state index is 0.196. The zero-order valence-corrected chi connectivity index (χ0v) is 7.97. The Morgan fingerprint density at radius 1 is 1.38 bits per heavy atom. The summed E-state index contributed by atoms with van der Waals surface area (Å²) in [6, 6.07) is 4.10. The molecule has 0 N–H and O–H groups in total. The van der Waals surface area contributed by atoms with Crippen molar-refractivity contribution in [2.45, 2.75) is 0 Å². The van der Waals surface area contributed by atoms with E-state index >= 15 is 0 Å². The first-order chi connectivity index (χ1) is 6.20. The summed E-state index contributed by atoms with van der Waals surface area (Å²) in [5, 5.41) is 0.578. The molecule has 2 nitrogen and oxygen atoms in total. The summed E-state index contributed by atoms with van der Waals surface area (Å²) in [7, 11) is 0. The first kappa shape index (κ1) is 8.44. The smallest absolute Gasteiger partial charge is 0.185 e. The van der Waals surface area contributed by atoms with Gasteiger partial charge in [0.25, 0.3) is 0 Å². The third-order valence-electron chi connectivity index (χ3n) is 1.67. The number of carbonyl (C=O) groups excluding carboxylic acids is 1. The maximum absolute atomic E-state index is 12.9. The fourth-order valence-electron chi connectivity index (χ4n) is 1.15. The highest BCUT2D eigenvalue weighted by Gasteiger charge is 2.07. The Morgan fingerprint density at radius 2 is 2.15 bits per heavy atom. The van der Waals surface area contributed by atoms with Crippen LogP contribution in [0.4, 0.5) is 4.39 Å². The van der Waals surface area contributed by atoms with Crippen molar-refractivity contribution in [1.82, 2.24) is 0 Å². The number of hydrogen-bond acceptors (Lipinski definition) is 2. The Balaban J connectivity index is 2.82. The van der Waals surface area contributed by atoms with E-state index in [2.05, 4.69) is 15.9 Å². The summed E-state index contributed by atoms with van der Waals surface area (Å²) in [4.78, 5) is 10.4. The molecule has 1 heterocycles. The zero-order valence-electron chi connectivity index (χ0n) is 6.38. The van der Waals surface area contributed by atoms with Crippen LogP contribution in [0.2, 0.25) is 0 Å². The van der Waals surface area contributed by atoms with Crippen molar-refractivity contribution in [2.24, 2.45) is 0 Å². The number of benzene rings is 1. The van der Waals surface area contributed by atoms with Crippen LogP contribution in [0.25, 0.3) is 11.0 Å². The molecular formula is C9H4BrFO2. The fraction of sp³-hybridized carbons (Fsp3) is 0. The second kappa shape index (κ2) is 2.96. The lowest BCUT2D eigenvalue weighted by atomic mass is 10.2. The molecule has 0 aliphatic rings. The topological polar surface area (TPSA) is 30.2 Å². The van der Waals surface area contributed by atoms with Crippen molar-refractivity contribution >= 4 is 33.2 Å². The lowest BCUT2D eigenvalue weighted by Crippen LogP contribution is -1.73. The monoisotopic (exact) mass is 242 g/mol. The Morgan fingerprint density at radius 3 is 2.85 bits per heavy atom. The Labute approximate surface area is 81.5 Å². The Hall–Kier alpha value is -1.16. The van der Waals surface area contributed by atoms with E-state index in [4.69, 9.17) is 4.42 Å². The summed E-state index contributed by atoms with van der Waals surface area (Å²) < 4.78 is 18.5. The molecule has 0 fully saturated rings. The van der Waals surface area contributed by atoms with E-state index in [0.717, 1.165) is 0 Å². The van der Waals surface area contributed by atoms with E-state index in [1.165, 1.54) is 18.2 Å².